The standard InChI is InChI=1S/C25H33F3O/c1-3-4-8-19(2)20-11-13-23(14-12-20)24(29-25(26,27)28)17-15-22(16-18-24)21-9-6-5-7-10-21/h5-7,9-10,15-17,19-20,23H,3-4,8,11-14,18H2,1-2H3. The van der Waals surface area contributed by atoms with E-state index in [4.69, 9.17) is 4.74 Å². The van der Waals surface area contributed by atoms with Gasteiger partial charge in [-0.3, -0.25) is 4.74 Å². The number of ether oxygens (including phenoxy) is 1. The Balaban J connectivity index is 1.71. The van der Waals surface area contributed by atoms with Gasteiger partial charge >= 0.3 is 6.36 Å². The number of unbranched alkanes of at least 4 members (excludes halogenated alkanes) is 1. The zero-order valence-electron chi connectivity index (χ0n) is 17.5. The third-order valence-corrected chi connectivity index (χ3v) is 6.88. The molecule has 0 aromatic heterocycles. The first-order chi connectivity index (χ1) is 13.8. The van der Waals surface area contributed by atoms with Crippen LogP contribution in [0.5, 0.6) is 0 Å². The van der Waals surface area contributed by atoms with E-state index in [1.54, 1.807) is 6.08 Å². The van der Waals surface area contributed by atoms with Crippen molar-refractivity contribution < 1.29 is 17.9 Å². The highest BCUT2D eigenvalue weighted by atomic mass is 19.4. The molecule has 0 saturated heterocycles. The highest BCUT2D eigenvalue weighted by Crippen LogP contribution is 2.47. The van der Waals surface area contributed by atoms with Gasteiger partial charge in [-0.25, -0.2) is 0 Å². The Morgan fingerprint density at radius 2 is 1.79 bits per heavy atom. The van der Waals surface area contributed by atoms with Crippen LogP contribution in [0.2, 0.25) is 0 Å². The van der Waals surface area contributed by atoms with Crippen molar-refractivity contribution in [3.05, 3.63) is 54.1 Å². The molecule has 0 bridgehead atoms. The second-order valence-corrected chi connectivity index (χ2v) is 8.80. The van der Waals surface area contributed by atoms with E-state index in [0.717, 1.165) is 36.8 Å². The van der Waals surface area contributed by atoms with Crippen LogP contribution >= 0.6 is 0 Å². The number of rotatable bonds is 7. The van der Waals surface area contributed by atoms with E-state index in [2.05, 4.69) is 13.8 Å². The van der Waals surface area contributed by atoms with E-state index >= 15 is 0 Å². The lowest BCUT2D eigenvalue weighted by molar-refractivity contribution is -0.366. The quantitative estimate of drug-likeness (QED) is 0.446. The van der Waals surface area contributed by atoms with Gasteiger partial charge in [-0.1, -0.05) is 81.7 Å². The van der Waals surface area contributed by atoms with Crippen molar-refractivity contribution in [2.45, 2.75) is 77.2 Å². The predicted octanol–water partition coefficient (Wildman–Crippen LogP) is 7.94. The molecular formula is C25H33F3O. The van der Waals surface area contributed by atoms with E-state index in [1.807, 2.05) is 42.5 Å². The number of hydrogen-bond acceptors (Lipinski definition) is 1. The van der Waals surface area contributed by atoms with E-state index in [1.165, 1.54) is 19.3 Å². The van der Waals surface area contributed by atoms with Gasteiger partial charge in [0.2, 0.25) is 0 Å². The minimum atomic E-state index is -4.63. The molecule has 1 nitrogen and oxygen atoms in total. The average molecular weight is 407 g/mol. The predicted molar refractivity (Wildman–Crippen MR) is 112 cm³/mol. The summed E-state index contributed by atoms with van der Waals surface area (Å²) < 4.78 is 44.8. The third kappa shape index (κ3) is 5.75. The van der Waals surface area contributed by atoms with Gasteiger partial charge in [-0.05, 0) is 61.0 Å². The van der Waals surface area contributed by atoms with E-state index in [9.17, 15) is 13.2 Å². The summed E-state index contributed by atoms with van der Waals surface area (Å²) in [6, 6.07) is 9.79. The first kappa shape index (κ1) is 22.1. The normalized spacial score (nSPS) is 28.8. The fourth-order valence-electron chi connectivity index (χ4n) is 5.10. The molecule has 2 unspecified atom stereocenters. The number of benzene rings is 1. The Morgan fingerprint density at radius 3 is 2.34 bits per heavy atom. The van der Waals surface area contributed by atoms with Gasteiger partial charge in [0.15, 0.2) is 0 Å². The summed E-state index contributed by atoms with van der Waals surface area (Å²) in [5.41, 5.74) is 0.723. The maximum absolute atomic E-state index is 13.3. The molecule has 0 radical (unpaired) electrons. The first-order valence-electron chi connectivity index (χ1n) is 11.0. The molecular weight excluding hydrogens is 373 g/mol. The van der Waals surface area contributed by atoms with Crippen LogP contribution in [0.25, 0.3) is 5.57 Å². The van der Waals surface area contributed by atoms with Crippen molar-refractivity contribution in [3.63, 3.8) is 0 Å². The van der Waals surface area contributed by atoms with Gasteiger partial charge in [0, 0.05) is 0 Å². The summed E-state index contributed by atoms with van der Waals surface area (Å²) in [5, 5.41) is 0. The van der Waals surface area contributed by atoms with E-state index in [-0.39, 0.29) is 12.3 Å². The van der Waals surface area contributed by atoms with Crippen LogP contribution in [-0.2, 0) is 4.74 Å². The molecule has 3 rings (SSSR count). The lowest BCUT2D eigenvalue weighted by Gasteiger charge is -2.44. The lowest BCUT2D eigenvalue weighted by atomic mass is 9.67. The van der Waals surface area contributed by atoms with Crippen molar-refractivity contribution in [2.24, 2.45) is 17.8 Å². The maximum Gasteiger partial charge on any atom is 0.523 e. The molecule has 160 valence electrons. The topological polar surface area (TPSA) is 9.23 Å². The largest absolute Gasteiger partial charge is 0.523 e. The summed E-state index contributed by atoms with van der Waals surface area (Å²) in [7, 11) is 0. The molecule has 1 aromatic rings. The Kier molecular flexibility index (Phi) is 7.26. The van der Waals surface area contributed by atoms with Crippen molar-refractivity contribution in [3.8, 4) is 0 Å². The average Bonchev–Trinajstić information content (AvgIpc) is 2.72. The molecule has 29 heavy (non-hydrogen) atoms. The Labute approximate surface area is 173 Å². The van der Waals surface area contributed by atoms with Crippen LogP contribution < -0.4 is 0 Å². The molecule has 1 saturated carbocycles. The number of hydrogen-bond donors (Lipinski definition) is 0. The monoisotopic (exact) mass is 406 g/mol. The number of alkyl halides is 3. The second-order valence-electron chi connectivity index (χ2n) is 8.80. The summed E-state index contributed by atoms with van der Waals surface area (Å²) >= 11 is 0. The zero-order chi connectivity index (χ0) is 20.9. The van der Waals surface area contributed by atoms with E-state index in [0.29, 0.717) is 11.8 Å². The first-order valence-corrected chi connectivity index (χ1v) is 11.0. The van der Waals surface area contributed by atoms with Gasteiger partial charge in [0.25, 0.3) is 0 Å². The minimum Gasteiger partial charge on any atom is -0.280 e. The van der Waals surface area contributed by atoms with Crippen LogP contribution in [0.15, 0.2) is 48.6 Å². The Hall–Kier alpha value is -1.55. The summed E-state index contributed by atoms with van der Waals surface area (Å²) in [5.74, 6) is 1.19. The van der Waals surface area contributed by atoms with Crippen molar-refractivity contribution in [2.75, 3.05) is 0 Å². The summed E-state index contributed by atoms with van der Waals surface area (Å²) in [6.45, 7) is 4.51. The molecule has 0 N–H and O–H groups in total. The molecule has 0 aliphatic heterocycles. The Bertz CT molecular complexity index is 699. The van der Waals surface area contributed by atoms with Crippen LogP contribution in [0.3, 0.4) is 0 Å². The van der Waals surface area contributed by atoms with Crippen LogP contribution in [-0.4, -0.2) is 12.0 Å². The molecule has 1 fully saturated rings. The highest BCUT2D eigenvalue weighted by Gasteiger charge is 2.48. The van der Waals surface area contributed by atoms with Gasteiger partial charge in [0.05, 0.1) is 0 Å². The van der Waals surface area contributed by atoms with Gasteiger partial charge in [-0.2, -0.15) is 0 Å². The van der Waals surface area contributed by atoms with Gasteiger partial charge < -0.3 is 0 Å². The molecule has 2 atom stereocenters. The molecule has 0 heterocycles. The van der Waals surface area contributed by atoms with Crippen LogP contribution in [0, 0.1) is 17.8 Å². The van der Waals surface area contributed by atoms with Crippen molar-refractivity contribution >= 4 is 5.57 Å². The number of halogens is 3. The number of allylic oxidation sites excluding steroid dienone is 2. The molecule has 0 amide bonds. The second kappa shape index (κ2) is 9.51. The highest BCUT2D eigenvalue weighted by molar-refractivity contribution is 5.75. The minimum absolute atomic E-state index is 0.0939. The van der Waals surface area contributed by atoms with Crippen molar-refractivity contribution in [1.29, 1.82) is 0 Å². The fraction of sp³-hybridized carbons (Fsp3) is 0.600. The summed E-state index contributed by atoms with van der Waals surface area (Å²) in [6.07, 6.45) is 8.32. The molecule has 1 aromatic carbocycles. The van der Waals surface area contributed by atoms with Gasteiger partial charge in [0.1, 0.15) is 5.60 Å². The molecule has 2 aliphatic carbocycles. The van der Waals surface area contributed by atoms with Crippen molar-refractivity contribution in [1.82, 2.24) is 0 Å². The summed E-state index contributed by atoms with van der Waals surface area (Å²) in [4.78, 5) is 0. The molecule has 4 heteroatoms. The zero-order valence-corrected chi connectivity index (χ0v) is 17.5. The van der Waals surface area contributed by atoms with Gasteiger partial charge in [-0.15, -0.1) is 13.2 Å². The van der Waals surface area contributed by atoms with Crippen LogP contribution in [0.4, 0.5) is 13.2 Å². The lowest BCUT2D eigenvalue weighted by Crippen LogP contribution is -2.45. The molecule has 2 aliphatic rings. The van der Waals surface area contributed by atoms with Crippen LogP contribution in [0.1, 0.15) is 70.8 Å². The molecule has 0 spiro atoms. The fourth-order valence-corrected chi connectivity index (χ4v) is 5.10. The van der Waals surface area contributed by atoms with E-state index < -0.39 is 12.0 Å². The smallest absolute Gasteiger partial charge is 0.280 e. The SMILES string of the molecule is CCCCC(C)C1CCC(C2(OC(F)(F)F)C=CC(c3ccccc3)=CC2)CC1. The maximum atomic E-state index is 13.3. The Morgan fingerprint density at radius 1 is 1.10 bits per heavy atom. The third-order valence-electron chi connectivity index (χ3n) is 6.88.